The number of halogens is 1. The first kappa shape index (κ1) is 14.9. The number of benzene rings is 1. The summed E-state index contributed by atoms with van der Waals surface area (Å²) in [6, 6.07) is 12.9. The van der Waals surface area contributed by atoms with Crippen LogP contribution >= 0.6 is 11.6 Å². The van der Waals surface area contributed by atoms with Crippen molar-refractivity contribution in [1.29, 1.82) is 0 Å². The van der Waals surface area contributed by atoms with Crippen molar-refractivity contribution in [2.75, 3.05) is 5.32 Å². The quantitative estimate of drug-likeness (QED) is 0.734. The van der Waals surface area contributed by atoms with Crippen molar-refractivity contribution in [2.24, 2.45) is 0 Å². The summed E-state index contributed by atoms with van der Waals surface area (Å²) in [6.07, 6.45) is 5.37. The standard InChI is InChI=1S/C17H21ClN2/c1-3-4-5-14-6-8-15(9-7-14)13(2)20-16-10-11-19-17(18)12-16/h6-13H,3-5H2,1-2H3,(H,19,20). The van der Waals surface area contributed by atoms with E-state index in [1.165, 1.54) is 30.4 Å². The molecule has 0 saturated heterocycles. The van der Waals surface area contributed by atoms with Crippen molar-refractivity contribution >= 4 is 17.3 Å². The summed E-state index contributed by atoms with van der Waals surface area (Å²) < 4.78 is 0. The third kappa shape index (κ3) is 4.24. The monoisotopic (exact) mass is 288 g/mol. The van der Waals surface area contributed by atoms with E-state index < -0.39 is 0 Å². The fourth-order valence-electron chi connectivity index (χ4n) is 2.18. The first-order valence-corrected chi connectivity index (χ1v) is 7.53. The minimum Gasteiger partial charge on any atom is -0.378 e. The maximum absolute atomic E-state index is 5.89. The highest BCUT2D eigenvalue weighted by Crippen LogP contribution is 2.21. The zero-order valence-corrected chi connectivity index (χ0v) is 12.8. The van der Waals surface area contributed by atoms with E-state index in [9.17, 15) is 0 Å². The largest absolute Gasteiger partial charge is 0.378 e. The van der Waals surface area contributed by atoms with Gasteiger partial charge in [0, 0.05) is 17.9 Å². The predicted octanol–water partition coefficient (Wildman–Crippen LogP) is 5.25. The SMILES string of the molecule is CCCCc1ccc(C(C)Nc2ccnc(Cl)c2)cc1. The van der Waals surface area contributed by atoms with Gasteiger partial charge in [0.05, 0.1) is 0 Å². The van der Waals surface area contributed by atoms with Gasteiger partial charge in [-0.25, -0.2) is 4.98 Å². The van der Waals surface area contributed by atoms with Crippen molar-refractivity contribution in [2.45, 2.75) is 39.2 Å². The predicted molar refractivity (Wildman–Crippen MR) is 86.3 cm³/mol. The lowest BCUT2D eigenvalue weighted by molar-refractivity contribution is 0.793. The topological polar surface area (TPSA) is 24.9 Å². The summed E-state index contributed by atoms with van der Waals surface area (Å²) in [6.45, 7) is 4.37. The number of aromatic nitrogens is 1. The van der Waals surface area contributed by atoms with E-state index in [4.69, 9.17) is 11.6 Å². The Hall–Kier alpha value is -1.54. The number of rotatable bonds is 6. The van der Waals surface area contributed by atoms with E-state index in [1.54, 1.807) is 6.20 Å². The van der Waals surface area contributed by atoms with Crippen molar-refractivity contribution in [3.63, 3.8) is 0 Å². The normalized spacial score (nSPS) is 12.2. The van der Waals surface area contributed by atoms with Crippen LogP contribution in [0.3, 0.4) is 0 Å². The lowest BCUT2D eigenvalue weighted by atomic mass is 10.0. The summed E-state index contributed by atoms with van der Waals surface area (Å²) in [5.74, 6) is 0. The average Bonchev–Trinajstić information content (AvgIpc) is 2.45. The molecule has 106 valence electrons. The molecule has 1 aromatic heterocycles. The Bertz CT molecular complexity index is 537. The third-order valence-electron chi connectivity index (χ3n) is 3.41. The smallest absolute Gasteiger partial charge is 0.131 e. The van der Waals surface area contributed by atoms with E-state index in [1.807, 2.05) is 12.1 Å². The fraction of sp³-hybridized carbons (Fsp3) is 0.353. The molecule has 3 heteroatoms. The van der Waals surface area contributed by atoms with Crippen LogP contribution in [-0.2, 0) is 6.42 Å². The molecular formula is C17H21ClN2. The van der Waals surface area contributed by atoms with Crippen LogP contribution in [0.5, 0.6) is 0 Å². The molecule has 1 aromatic carbocycles. The molecule has 0 radical (unpaired) electrons. The Balaban J connectivity index is 2.00. The van der Waals surface area contributed by atoms with E-state index in [2.05, 4.69) is 48.4 Å². The van der Waals surface area contributed by atoms with Crippen LogP contribution in [0.4, 0.5) is 5.69 Å². The second kappa shape index (κ2) is 7.30. The molecule has 0 aliphatic rings. The second-order valence-corrected chi connectivity index (χ2v) is 5.47. The number of unbranched alkanes of at least 4 members (excludes halogenated alkanes) is 1. The third-order valence-corrected chi connectivity index (χ3v) is 3.62. The number of nitrogens with one attached hydrogen (secondary N) is 1. The maximum atomic E-state index is 5.89. The van der Waals surface area contributed by atoms with Crippen molar-refractivity contribution in [1.82, 2.24) is 4.98 Å². The maximum Gasteiger partial charge on any atom is 0.131 e. The molecule has 20 heavy (non-hydrogen) atoms. The number of hydrogen-bond donors (Lipinski definition) is 1. The van der Waals surface area contributed by atoms with Crippen LogP contribution in [0.2, 0.25) is 5.15 Å². The second-order valence-electron chi connectivity index (χ2n) is 5.08. The molecule has 1 heterocycles. The Morgan fingerprint density at radius 3 is 2.60 bits per heavy atom. The molecule has 0 aliphatic heterocycles. The fourth-order valence-corrected chi connectivity index (χ4v) is 2.35. The number of hydrogen-bond acceptors (Lipinski definition) is 2. The van der Waals surface area contributed by atoms with E-state index >= 15 is 0 Å². The van der Waals surface area contributed by atoms with Crippen LogP contribution in [-0.4, -0.2) is 4.98 Å². The number of aryl methyl sites for hydroxylation is 1. The van der Waals surface area contributed by atoms with Crippen LogP contribution in [0.1, 0.15) is 43.9 Å². The number of nitrogens with zero attached hydrogens (tertiary/aromatic N) is 1. The average molecular weight is 289 g/mol. The van der Waals surface area contributed by atoms with Crippen LogP contribution in [0, 0.1) is 0 Å². The highest BCUT2D eigenvalue weighted by Gasteiger charge is 2.05. The summed E-state index contributed by atoms with van der Waals surface area (Å²) in [7, 11) is 0. The molecule has 0 saturated carbocycles. The zero-order chi connectivity index (χ0) is 14.4. The molecule has 0 aliphatic carbocycles. The van der Waals surface area contributed by atoms with Crippen molar-refractivity contribution in [3.8, 4) is 0 Å². The Kier molecular flexibility index (Phi) is 5.42. The van der Waals surface area contributed by atoms with Gasteiger partial charge in [-0.15, -0.1) is 0 Å². The molecule has 0 bridgehead atoms. The highest BCUT2D eigenvalue weighted by molar-refractivity contribution is 6.29. The minimum atomic E-state index is 0.244. The Morgan fingerprint density at radius 2 is 1.95 bits per heavy atom. The van der Waals surface area contributed by atoms with Crippen LogP contribution in [0.15, 0.2) is 42.6 Å². The van der Waals surface area contributed by atoms with E-state index in [0.717, 1.165) is 5.69 Å². The molecule has 2 aromatic rings. The first-order valence-electron chi connectivity index (χ1n) is 7.16. The molecule has 2 nitrogen and oxygen atoms in total. The molecule has 1 unspecified atom stereocenters. The number of anilines is 1. The summed E-state index contributed by atoms with van der Waals surface area (Å²) in [5, 5.41) is 3.95. The van der Waals surface area contributed by atoms with E-state index in [0.29, 0.717) is 5.15 Å². The van der Waals surface area contributed by atoms with Gasteiger partial charge < -0.3 is 5.32 Å². The first-order chi connectivity index (χ1) is 9.69. The van der Waals surface area contributed by atoms with E-state index in [-0.39, 0.29) is 6.04 Å². The van der Waals surface area contributed by atoms with Crippen LogP contribution < -0.4 is 5.32 Å². The van der Waals surface area contributed by atoms with Gasteiger partial charge in [-0.2, -0.15) is 0 Å². The molecular weight excluding hydrogens is 268 g/mol. The molecule has 2 rings (SSSR count). The molecule has 0 fully saturated rings. The van der Waals surface area contributed by atoms with Gasteiger partial charge in [-0.1, -0.05) is 49.2 Å². The number of pyridine rings is 1. The lowest BCUT2D eigenvalue weighted by Gasteiger charge is -2.16. The Morgan fingerprint density at radius 1 is 1.20 bits per heavy atom. The van der Waals surface area contributed by atoms with Gasteiger partial charge in [-0.05, 0) is 43.0 Å². The Labute approximate surface area is 126 Å². The summed E-state index contributed by atoms with van der Waals surface area (Å²) in [5.41, 5.74) is 3.68. The van der Waals surface area contributed by atoms with Gasteiger partial charge >= 0.3 is 0 Å². The van der Waals surface area contributed by atoms with Gasteiger partial charge in [0.15, 0.2) is 0 Å². The van der Waals surface area contributed by atoms with Gasteiger partial charge in [0.1, 0.15) is 5.15 Å². The molecule has 1 atom stereocenters. The molecule has 0 spiro atoms. The van der Waals surface area contributed by atoms with Crippen molar-refractivity contribution in [3.05, 3.63) is 58.9 Å². The van der Waals surface area contributed by atoms with Crippen molar-refractivity contribution < 1.29 is 0 Å². The zero-order valence-electron chi connectivity index (χ0n) is 12.1. The van der Waals surface area contributed by atoms with Gasteiger partial charge in [0.25, 0.3) is 0 Å². The minimum absolute atomic E-state index is 0.244. The highest BCUT2D eigenvalue weighted by atomic mass is 35.5. The van der Waals surface area contributed by atoms with Gasteiger partial charge in [-0.3, -0.25) is 0 Å². The lowest BCUT2D eigenvalue weighted by Crippen LogP contribution is -2.06. The summed E-state index contributed by atoms with van der Waals surface area (Å²) in [4.78, 5) is 3.99. The van der Waals surface area contributed by atoms with Gasteiger partial charge in [0.2, 0.25) is 0 Å². The molecule has 1 N–H and O–H groups in total. The molecule has 0 amide bonds. The summed E-state index contributed by atoms with van der Waals surface area (Å²) >= 11 is 5.89. The van der Waals surface area contributed by atoms with Crippen LogP contribution in [0.25, 0.3) is 0 Å².